The average molecular weight is 464 g/mol. The predicted octanol–water partition coefficient (Wildman–Crippen LogP) is 3.08. The van der Waals surface area contributed by atoms with Crippen LogP contribution in [0.5, 0.6) is 11.5 Å². The molecule has 0 bridgehead atoms. The Hall–Kier alpha value is -3.62. The minimum absolute atomic E-state index is 0.0235. The molecule has 9 nitrogen and oxygen atoms in total. The van der Waals surface area contributed by atoms with E-state index in [2.05, 4.69) is 20.3 Å². The van der Waals surface area contributed by atoms with Crippen LogP contribution in [0.2, 0.25) is 0 Å². The number of likely N-dealkylation sites (tertiary alicyclic amines) is 1. The Labute approximate surface area is 197 Å². The molecule has 0 unspecified atom stereocenters. The first-order valence-electron chi connectivity index (χ1n) is 11.7. The first kappa shape index (κ1) is 22.2. The molecule has 9 heteroatoms. The smallest absolute Gasteiger partial charge is 0.255 e. The Kier molecular flexibility index (Phi) is 5.85. The van der Waals surface area contributed by atoms with E-state index in [1.807, 2.05) is 25.1 Å². The molecule has 3 heterocycles. The van der Waals surface area contributed by atoms with Crippen molar-refractivity contribution in [3.8, 4) is 22.8 Å². The lowest BCUT2D eigenvalue weighted by atomic mass is 10.1. The number of aromatic nitrogens is 3. The molecule has 2 aliphatic rings. The summed E-state index contributed by atoms with van der Waals surface area (Å²) in [4.78, 5) is 38.9. The highest BCUT2D eigenvalue weighted by molar-refractivity contribution is 6.09. The van der Waals surface area contributed by atoms with Crippen molar-refractivity contribution in [2.45, 2.75) is 39.2 Å². The number of hydrogen-bond donors (Lipinski definition) is 2. The molecular weight excluding hydrogens is 434 g/mol. The van der Waals surface area contributed by atoms with E-state index in [9.17, 15) is 9.59 Å². The average Bonchev–Trinajstić information content (AvgIpc) is 3.42. The molecule has 178 valence electrons. The van der Waals surface area contributed by atoms with Gasteiger partial charge in [-0.25, -0.2) is 9.97 Å². The predicted molar refractivity (Wildman–Crippen MR) is 127 cm³/mol. The zero-order chi connectivity index (χ0) is 23.8. The fourth-order valence-corrected chi connectivity index (χ4v) is 4.46. The number of hydrogen-bond acceptors (Lipinski definition) is 6. The molecule has 0 radical (unpaired) electrons. The number of amides is 2. The van der Waals surface area contributed by atoms with Crippen LogP contribution in [-0.2, 0) is 4.79 Å². The third-order valence-electron chi connectivity index (χ3n) is 6.58. The van der Waals surface area contributed by atoms with Crippen LogP contribution in [0.4, 0.5) is 0 Å². The third kappa shape index (κ3) is 4.30. The van der Waals surface area contributed by atoms with Gasteiger partial charge in [-0.05, 0) is 50.3 Å². The van der Waals surface area contributed by atoms with Crippen molar-refractivity contribution in [3.63, 3.8) is 0 Å². The van der Waals surface area contributed by atoms with Gasteiger partial charge in [0.05, 0.1) is 24.8 Å². The highest BCUT2D eigenvalue weighted by Gasteiger charge is 2.28. The van der Waals surface area contributed by atoms with E-state index in [-0.39, 0.29) is 17.9 Å². The number of ether oxygens (including phenoxy) is 2. The van der Waals surface area contributed by atoms with Crippen LogP contribution < -0.4 is 14.8 Å². The van der Waals surface area contributed by atoms with E-state index in [1.165, 1.54) is 19.2 Å². The summed E-state index contributed by atoms with van der Waals surface area (Å²) in [6.45, 7) is 5.25. The van der Waals surface area contributed by atoms with Crippen molar-refractivity contribution < 1.29 is 19.1 Å². The van der Waals surface area contributed by atoms with Gasteiger partial charge >= 0.3 is 0 Å². The monoisotopic (exact) mass is 463 g/mol. The number of carbonyl (C=O) groups is 2. The first-order valence-corrected chi connectivity index (χ1v) is 11.7. The first-order chi connectivity index (χ1) is 16.4. The molecule has 1 saturated heterocycles. The molecule has 1 saturated carbocycles. The lowest BCUT2D eigenvalue weighted by molar-refractivity contribution is -0.127. The maximum Gasteiger partial charge on any atom is 0.255 e. The quantitative estimate of drug-likeness (QED) is 0.557. The molecule has 5 rings (SSSR count). The molecule has 34 heavy (non-hydrogen) atoms. The molecule has 1 aliphatic heterocycles. The number of rotatable bonds is 7. The zero-order valence-corrected chi connectivity index (χ0v) is 19.7. The number of H-pyrrole nitrogens is 1. The van der Waals surface area contributed by atoms with Crippen molar-refractivity contribution >= 4 is 22.8 Å². The Morgan fingerprint density at radius 3 is 2.76 bits per heavy atom. The van der Waals surface area contributed by atoms with Gasteiger partial charge in [-0.3, -0.25) is 9.59 Å². The third-order valence-corrected chi connectivity index (χ3v) is 6.58. The van der Waals surface area contributed by atoms with Gasteiger partial charge in [0, 0.05) is 37.3 Å². The van der Waals surface area contributed by atoms with Crippen molar-refractivity contribution in [1.82, 2.24) is 25.2 Å². The summed E-state index contributed by atoms with van der Waals surface area (Å²) in [7, 11) is 1.62. The minimum atomic E-state index is -0.209. The molecule has 0 spiro atoms. The number of nitrogens with one attached hydrogen (secondary N) is 2. The zero-order valence-electron chi connectivity index (χ0n) is 19.7. The Morgan fingerprint density at radius 1 is 1.24 bits per heavy atom. The lowest BCUT2D eigenvalue weighted by Crippen LogP contribution is -2.38. The van der Waals surface area contributed by atoms with Crippen LogP contribution in [-0.4, -0.2) is 64.5 Å². The summed E-state index contributed by atoms with van der Waals surface area (Å²) >= 11 is 0. The van der Waals surface area contributed by atoms with Crippen LogP contribution in [0.1, 0.15) is 42.2 Å². The summed E-state index contributed by atoms with van der Waals surface area (Å²) < 4.78 is 11.6. The summed E-state index contributed by atoms with van der Waals surface area (Å²) in [6, 6.07) is 5.58. The van der Waals surface area contributed by atoms with Crippen LogP contribution >= 0.6 is 0 Å². The SMILES string of the molecule is COc1ccc(OCC2CC2)c(-c2ncnc3c(C(=O)N[C@@H]4CCN(C(C)=O)C4)c(C)[nH]c23)c1. The number of fused-ring (bicyclic) bond motifs is 1. The van der Waals surface area contributed by atoms with E-state index in [0.717, 1.165) is 17.7 Å². The second-order valence-electron chi connectivity index (χ2n) is 9.11. The van der Waals surface area contributed by atoms with E-state index >= 15 is 0 Å². The molecule has 2 fully saturated rings. The summed E-state index contributed by atoms with van der Waals surface area (Å²) in [5.41, 5.74) is 3.86. The second-order valence-corrected chi connectivity index (χ2v) is 9.11. The summed E-state index contributed by atoms with van der Waals surface area (Å²) in [6.07, 6.45) is 4.60. The number of nitrogens with zero attached hydrogens (tertiary/aromatic N) is 3. The Bertz CT molecular complexity index is 1250. The molecule has 3 aromatic rings. The van der Waals surface area contributed by atoms with Gasteiger partial charge in [0.1, 0.15) is 29.0 Å². The van der Waals surface area contributed by atoms with Gasteiger partial charge in [0.15, 0.2) is 0 Å². The van der Waals surface area contributed by atoms with Gasteiger partial charge in [-0.15, -0.1) is 0 Å². The van der Waals surface area contributed by atoms with Gasteiger partial charge in [-0.2, -0.15) is 0 Å². The molecular formula is C25H29N5O4. The van der Waals surface area contributed by atoms with Gasteiger partial charge in [-0.1, -0.05) is 0 Å². The topological polar surface area (TPSA) is 109 Å². The second kappa shape index (κ2) is 8.96. The van der Waals surface area contributed by atoms with E-state index in [4.69, 9.17) is 9.47 Å². The highest BCUT2D eigenvalue weighted by Crippen LogP contribution is 2.38. The fourth-order valence-electron chi connectivity index (χ4n) is 4.46. The largest absolute Gasteiger partial charge is 0.497 e. The lowest BCUT2D eigenvalue weighted by Gasteiger charge is -2.15. The van der Waals surface area contributed by atoms with Crippen LogP contribution in [0.3, 0.4) is 0 Å². The van der Waals surface area contributed by atoms with Gasteiger partial charge in [0.2, 0.25) is 5.91 Å². The van der Waals surface area contributed by atoms with Crippen molar-refractivity contribution in [2.75, 3.05) is 26.8 Å². The molecule has 2 amide bonds. The number of carbonyl (C=O) groups excluding carboxylic acids is 2. The van der Waals surface area contributed by atoms with Gasteiger partial charge < -0.3 is 24.7 Å². The normalized spacial score (nSPS) is 17.7. The molecule has 1 aliphatic carbocycles. The summed E-state index contributed by atoms with van der Waals surface area (Å²) in [5, 5.41) is 3.07. The van der Waals surface area contributed by atoms with Crippen LogP contribution in [0, 0.1) is 12.8 Å². The van der Waals surface area contributed by atoms with Crippen molar-refractivity contribution in [2.24, 2.45) is 5.92 Å². The Morgan fingerprint density at radius 2 is 2.06 bits per heavy atom. The van der Waals surface area contributed by atoms with Crippen molar-refractivity contribution in [3.05, 3.63) is 35.8 Å². The minimum Gasteiger partial charge on any atom is -0.497 e. The maximum atomic E-state index is 13.2. The van der Waals surface area contributed by atoms with Crippen LogP contribution in [0.25, 0.3) is 22.3 Å². The molecule has 2 N–H and O–H groups in total. The molecule has 1 atom stereocenters. The number of aryl methyl sites for hydroxylation is 1. The summed E-state index contributed by atoms with van der Waals surface area (Å²) in [5.74, 6) is 1.84. The fraction of sp³-hybridized carbons (Fsp3) is 0.440. The van der Waals surface area contributed by atoms with Crippen molar-refractivity contribution in [1.29, 1.82) is 0 Å². The molecule has 2 aromatic heterocycles. The Balaban J connectivity index is 1.48. The van der Waals surface area contributed by atoms with E-state index in [0.29, 0.717) is 59.3 Å². The van der Waals surface area contributed by atoms with Gasteiger partial charge in [0.25, 0.3) is 5.91 Å². The molecule has 1 aromatic carbocycles. The maximum absolute atomic E-state index is 13.2. The highest BCUT2D eigenvalue weighted by atomic mass is 16.5. The number of methoxy groups -OCH3 is 1. The number of aromatic amines is 1. The van der Waals surface area contributed by atoms with E-state index in [1.54, 1.807) is 18.9 Å². The standard InChI is InChI=1S/C25H29N5O4/c1-14-21(25(32)29-17-8-9-30(11-17)15(2)31)23-24(28-14)22(26-13-27-23)19-10-18(33-3)6-7-20(19)34-12-16-4-5-16/h6-7,10,13,16-17,28H,4-5,8-9,11-12H2,1-3H3,(H,29,32)/t17-/m1/s1. The number of benzene rings is 1. The van der Waals surface area contributed by atoms with Crippen LogP contribution in [0.15, 0.2) is 24.5 Å². The van der Waals surface area contributed by atoms with E-state index < -0.39 is 0 Å².